The van der Waals surface area contributed by atoms with Gasteiger partial charge in [0.2, 0.25) is 17.7 Å². The van der Waals surface area contributed by atoms with Crippen LogP contribution in [0.4, 0.5) is 0 Å². The topological polar surface area (TPSA) is 183 Å². The van der Waals surface area contributed by atoms with E-state index in [-0.39, 0.29) is 69.8 Å². The summed E-state index contributed by atoms with van der Waals surface area (Å²) in [6.45, 7) is 15.7. The number of amides is 3. The van der Waals surface area contributed by atoms with E-state index in [0.717, 1.165) is 0 Å². The molecule has 0 aromatic rings. The van der Waals surface area contributed by atoms with Crippen LogP contribution in [0.2, 0.25) is 0 Å². The summed E-state index contributed by atoms with van der Waals surface area (Å²) in [5.74, 6) is -0.425. The number of aliphatic hydroxyl groups is 3. The Hall–Kier alpha value is -4.04. The molecule has 46 heavy (non-hydrogen) atoms. The second kappa shape index (κ2) is 20.9. The van der Waals surface area contributed by atoms with Crippen molar-refractivity contribution in [3.63, 3.8) is 0 Å². The fourth-order valence-corrected chi connectivity index (χ4v) is 4.57. The third-order valence-corrected chi connectivity index (χ3v) is 7.14. The fraction of sp³-hybridized carbons (Fsp3) is 0.600. The van der Waals surface area contributed by atoms with Gasteiger partial charge in [0.1, 0.15) is 0 Å². The van der Waals surface area contributed by atoms with Crippen molar-refractivity contribution in [3.8, 4) is 0 Å². The molecule has 15 nitrogen and oxygen atoms in total. The molecule has 0 aromatic heterocycles. The summed E-state index contributed by atoms with van der Waals surface area (Å²) in [4.78, 5) is 75.6. The Labute approximate surface area is 281 Å². The zero-order valence-corrected chi connectivity index (χ0v) is 28.6. The number of hydrogen-bond acceptors (Lipinski definition) is 12. The van der Waals surface area contributed by atoms with Crippen molar-refractivity contribution < 1.29 is 61.2 Å². The summed E-state index contributed by atoms with van der Waals surface area (Å²) in [7, 11) is 0. The van der Waals surface area contributed by atoms with Gasteiger partial charge in [0.05, 0.1) is 0 Å². The molecule has 0 spiro atoms. The van der Waals surface area contributed by atoms with E-state index in [0.29, 0.717) is 78.5 Å². The molecule has 0 saturated carbocycles. The van der Waals surface area contributed by atoms with Gasteiger partial charge in [-0.15, -0.1) is 0 Å². The van der Waals surface area contributed by atoms with Crippen LogP contribution in [0.5, 0.6) is 0 Å². The van der Waals surface area contributed by atoms with E-state index in [2.05, 4.69) is 0 Å². The minimum atomic E-state index is -0.179. The molecule has 0 atom stereocenters. The van der Waals surface area contributed by atoms with Crippen LogP contribution in [0.1, 0.15) is 41.5 Å². The predicted octanol–water partition coefficient (Wildman–Crippen LogP) is 0.414. The van der Waals surface area contributed by atoms with E-state index in [1.807, 2.05) is 0 Å². The summed E-state index contributed by atoms with van der Waals surface area (Å²) < 4.78 is 0. The SMILES string of the molecule is CC(=O)C=C(O)N1CCN(C(C)=O)CC1.CC(=O)C=C(O)N1CCN(C(C)=O)CC1.CC(=O)C=C(O)N1CCN(C(C)=O)CC1.[Fe]. The minimum Gasteiger partial charge on any atom is -0.495 e. The van der Waals surface area contributed by atoms with E-state index in [1.165, 1.54) is 59.8 Å². The molecular weight excluding hydrogens is 644 g/mol. The molecule has 3 rings (SSSR count). The van der Waals surface area contributed by atoms with Gasteiger partial charge < -0.3 is 44.7 Å². The maximum atomic E-state index is 11.0. The van der Waals surface area contributed by atoms with Crippen LogP contribution in [0, 0.1) is 0 Å². The number of allylic oxidation sites excluding steroid dienone is 3. The largest absolute Gasteiger partial charge is 0.495 e. The maximum absolute atomic E-state index is 11.0. The number of aliphatic hydroxyl groups excluding tert-OH is 3. The van der Waals surface area contributed by atoms with Crippen molar-refractivity contribution in [2.45, 2.75) is 41.5 Å². The smallest absolute Gasteiger partial charge is 0.219 e. The number of carbonyl (C=O) groups excluding carboxylic acids is 6. The van der Waals surface area contributed by atoms with Crippen LogP contribution in [-0.4, -0.2) is 158 Å². The van der Waals surface area contributed by atoms with Crippen molar-refractivity contribution >= 4 is 35.1 Å². The Bertz CT molecular complexity index is 1020. The maximum Gasteiger partial charge on any atom is 0.219 e. The summed E-state index contributed by atoms with van der Waals surface area (Å²) in [5, 5.41) is 28.6. The molecule has 3 aliphatic heterocycles. The second-order valence-corrected chi connectivity index (χ2v) is 10.8. The van der Waals surface area contributed by atoms with Crippen molar-refractivity contribution in [1.29, 1.82) is 0 Å². The van der Waals surface area contributed by atoms with E-state index in [9.17, 15) is 44.1 Å². The number of carbonyl (C=O) groups is 6. The fourth-order valence-electron chi connectivity index (χ4n) is 4.57. The van der Waals surface area contributed by atoms with E-state index >= 15 is 0 Å². The first-order valence-electron chi connectivity index (χ1n) is 14.8. The molecule has 3 amide bonds. The molecule has 0 aliphatic carbocycles. The van der Waals surface area contributed by atoms with Crippen LogP contribution in [0.25, 0.3) is 0 Å². The molecule has 0 radical (unpaired) electrons. The summed E-state index contributed by atoms with van der Waals surface area (Å²) >= 11 is 0. The van der Waals surface area contributed by atoms with Gasteiger partial charge in [-0.2, -0.15) is 0 Å². The molecule has 3 fully saturated rings. The van der Waals surface area contributed by atoms with Gasteiger partial charge in [-0.1, -0.05) is 0 Å². The van der Waals surface area contributed by atoms with Crippen molar-refractivity contribution in [2.24, 2.45) is 0 Å². The Morgan fingerprint density at radius 3 is 0.652 bits per heavy atom. The van der Waals surface area contributed by atoms with Gasteiger partial charge in [-0.05, 0) is 20.8 Å². The Kier molecular flexibility index (Phi) is 19.1. The quantitative estimate of drug-likeness (QED) is 0.199. The molecule has 0 unspecified atom stereocenters. The van der Waals surface area contributed by atoms with Gasteiger partial charge >= 0.3 is 0 Å². The van der Waals surface area contributed by atoms with Gasteiger partial charge in [0.25, 0.3) is 0 Å². The van der Waals surface area contributed by atoms with Crippen molar-refractivity contribution in [1.82, 2.24) is 29.4 Å². The van der Waals surface area contributed by atoms with Gasteiger partial charge in [-0.3, -0.25) is 28.8 Å². The summed E-state index contributed by atoms with van der Waals surface area (Å²) in [6.07, 6.45) is 3.59. The van der Waals surface area contributed by atoms with E-state index in [1.54, 1.807) is 29.4 Å². The average Bonchev–Trinajstić information content (AvgIpc) is 2.97. The number of ketones is 3. The molecule has 3 N–H and O–H groups in total. The number of nitrogens with zero attached hydrogens (tertiary/aromatic N) is 6. The first kappa shape index (κ1) is 42.0. The minimum absolute atomic E-state index is 0. The summed E-state index contributed by atoms with van der Waals surface area (Å²) in [6, 6.07) is 0. The zero-order valence-electron chi connectivity index (χ0n) is 27.5. The first-order chi connectivity index (χ1) is 21.0. The zero-order chi connectivity index (χ0) is 34.3. The predicted molar refractivity (Wildman–Crippen MR) is 166 cm³/mol. The summed E-state index contributed by atoms with van der Waals surface area (Å²) in [5.41, 5.74) is 0. The molecular formula is C30H48FeN6O9. The third kappa shape index (κ3) is 15.8. The van der Waals surface area contributed by atoms with Gasteiger partial charge in [0, 0.05) is 135 Å². The van der Waals surface area contributed by atoms with Crippen LogP contribution < -0.4 is 0 Å². The van der Waals surface area contributed by atoms with Crippen molar-refractivity contribution in [2.75, 3.05) is 78.5 Å². The average molecular weight is 693 g/mol. The van der Waals surface area contributed by atoms with Gasteiger partial charge in [0.15, 0.2) is 35.0 Å². The Morgan fingerprint density at radius 2 is 0.522 bits per heavy atom. The second-order valence-electron chi connectivity index (χ2n) is 10.8. The molecule has 0 bridgehead atoms. The number of piperazine rings is 3. The molecule has 3 saturated heterocycles. The van der Waals surface area contributed by atoms with Crippen molar-refractivity contribution in [3.05, 3.63) is 35.9 Å². The normalized spacial score (nSPS) is 17.5. The first-order valence-corrected chi connectivity index (χ1v) is 14.8. The molecule has 260 valence electrons. The standard InChI is InChI=1S/3C10H16N2O3.Fe/c3*1-8(13)7-10(15)12-5-3-11(4-6-12)9(2)14;/h3*7,15H,3-6H2,1-2H3;. The molecule has 3 heterocycles. The monoisotopic (exact) mass is 692 g/mol. The van der Waals surface area contributed by atoms with Gasteiger partial charge in [-0.25, -0.2) is 0 Å². The molecule has 16 heteroatoms. The third-order valence-electron chi connectivity index (χ3n) is 7.14. The van der Waals surface area contributed by atoms with Crippen LogP contribution in [0.15, 0.2) is 35.9 Å². The number of rotatable bonds is 6. The Balaban J connectivity index is 0.000000653. The number of hydrogen-bond donors (Lipinski definition) is 3. The molecule has 0 aromatic carbocycles. The molecule has 3 aliphatic rings. The van der Waals surface area contributed by atoms with Crippen LogP contribution >= 0.6 is 0 Å². The van der Waals surface area contributed by atoms with Crippen LogP contribution in [-0.2, 0) is 45.8 Å². The van der Waals surface area contributed by atoms with Crippen LogP contribution in [0.3, 0.4) is 0 Å². The van der Waals surface area contributed by atoms with E-state index < -0.39 is 0 Å². The Morgan fingerprint density at radius 1 is 0.370 bits per heavy atom. The van der Waals surface area contributed by atoms with E-state index in [4.69, 9.17) is 0 Å².